The minimum Gasteiger partial charge on any atom is -0.309 e. The van der Waals surface area contributed by atoms with Crippen LogP contribution < -0.4 is 20.7 Å². The Hall–Kier alpha value is -7.98. The Kier molecular flexibility index (Phi) is 8.87. The van der Waals surface area contributed by atoms with Gasteiger partial charge < -0.3 is 9.13 Å². The average molecular weight is 819 g/mol. The largest absolute Gasteiger partial charge is 0.309 e. The van der Waals surface area contributed by atoms with Crippen molar-refractivity contribution in [1.82, 2.24) is 9.13 Å². The molecule has 0 aliphatic heterocycles. The Morgan fingerprint density at radius 1 is 0.302 bits per heavy atom. The number of aromatic nitrogens is 2. The van der Waals surface area contributed by atoms with Crippen LogP contribution in [0.5, 0.6) is 0 Å². The normalized spacial score (nSPS) is 11.8. The third-order valence-electron chi connectivity index (χ3n) is 13.1. The maximum Gasteiger partial charge on any atom is 0.181 e. The molecular weight excluding hydrogens is 777 g/mol. The van der Waals surface area contributed by atoms with Crippen molar-refractivity contribution in [2.24, 2.45) is 0 Å². The van der Waals surface area contributed by atoms with Crippen molar-refractivity contribution in [2.45, 2.75) is 0 Å². The smallest absolute Gasteiger partial charge is 0.181 e. The number of fused-ring (bicyclic) bond motifs is 6. The van der Waals surface area contributed by atoms with Crippen molar-refractivity contribution < 1.29 is 0 Å². The van der Waals surface area contributed by atoms with Crippen LogP contribution in [0.3, 0.4) is 0 Å². The molecule has 3 heteroatoms. The van der Waals surface area contributed by atoms with Crippen molar-refractivity contribution in [1.29, 1.82) is 0 Å². The van der Waals surface area contributed by atoms with Gasteiger partial charge >= 0.3 is 0 Å². The van der Waals surface area contributed by atoms with Crippen LogP contribution in [0.2, 0.25) is 0 Å². The van der Waals surface area contributed by atoms with Gasteiger partial charge in [-0.15, -0.1) is 0 Å². The first kappa shape index (κ1) is 36.8. The highest BCUT2D eigenvalue weighted by Crippen LogP contribution is 2.42. The topological polar surface area (TPSA) is 9.86 Å². The second kappa shape index (κ2) is 15.2. The van der Waals surface area contributed by atoms with Gasteiger partial charge in [-0.2, -0.15) is 0 Å². The first-order valence-electron chi connectivity index (χ1n) is 21.8. The summed E-state index contributed by atoms with van der Waals surface area (Å²) in [5.41, 5.74) is 11.9. The Labute approximate surface area is 368 Å². The van der Waals surface area contributed by atoms with Crippen molar-refractivity contribution in [3.05, 3.63) is 255 Å². The molecule has 0 amide bonds. The molecular formula is C60H42N2Si. The van der Waals surface area contributed by atoms with Crippen LogP contribution in [0, 0.1) is 0 Å². The van der Waals surface area contributed by atoms with Gasteiger partial charge in [0.2, 0.25) is 0 Å². The van der Waals surface area contributed by atoms with E-state index in [2.05, 4.69) is 264 Å². The van der Waals surface area contributed by atoms with E-state index in [0.29, 0.717) is 0 Å². The van der Waals surface area contributed by atoms with Gasteiger partial charge in [0.05, 0.1) is 27.8 Å². The first-order valence-corrected chi connectivity index (χ1v) is 23.8. The van der Waals surface area contributed by atoms with E-state index < -0.39 is 8.07 Å². The van der Waals surface area contributed by atoms with Crippen LogP contribution in [0.15, 0.2) is 255 Å². The molecule has 2 aromatic heterocycles. The molecule has 12 aromatic rings. The predicted molar refractivity (Wildman–Crippen MR) is 270 cm³/mol. The van der Waals surface area contributed by atoms with Gasteiger partial charge in [-0.1, -0.05) is 218 Å². The molecule has 296 valence electrons. The van der Waals surface area contributed by atoms with E-state index in [0.717, 1.165) is 11.4 Å². The molecule has 0 bridgehead atoms. The maximum absolute atomic E-state index is 2.93. The fraction of sp³-hybridized carbons (Fsp3) is 0. The van der Waals surface area contributed by atoms with Crippen LogP contribution in [0.25, 0.3) is 77.2 Å². The molecule has 0 atom stereocenters. The summed E-state index contributed by atoms with van der Waals surface area (Å²) >= 11 is 0. The number of hydrogen-bond donors (Lipinski definition) is 0. The summed E-state index contributed by atoms with van der Waals surface area (Å²) in [5, 5.41) is 10.4. The van der Waals surface area contributed by atoms with Gasteiger partial charge in [0.1, 0.15) is 0 Å². The SMILES string of the molecule is c1ccc(-c2cccc(-n3c4ccccc4c4cc(-n5c6ccccc6c6cccc([Si](c7ccccc7)(c7ccccc7)c7ccccc7)c65)ccc43)c2-c2ccccc2)cc1. The highest BCUT2D eigenvalue weighted by atomic mass is 28.3. The lowest BCUT2D eigenvalue weighted by Gasteiger charge is -2.35. The quantitative estimate of drug-likeness (QED) is 0.107. The Bertz CT molecular complexity index is 3500. The molecule has 0 saturated carbocycles. The van der Waals surface area contributed by atoms with E-state index in [1.807, 2.05) is 0 Å². The summed E-state index contributed by atoms with van der Waals surface area (Å²) in [6, 6.07) is 94.3. The van der Waals surface area contributed by atoms with Crippen molar-refractivity contribution in [3.8, 4) is 33.6 Å². The molecule has 0 saturated heterocycles. The minimum absolute atomic E-state index is 1.14. The second-order valence-electron chi connectivity index (χ2n) is 16.4. The summed E-state index contributed by atoms with van der Waals surface area (Å²) in [5.74, 6) is 0. The van der Waals surface area contributed by atoms with Crippen LogP contribution in [0.4, 0.5) is 0 Å². The van der Waals surface area contributed by atoms with Gasteiger partial charge in [0.15, 0.2) is 8.07 Å². The fourth-order valence-electron chi connectivity index (χ4n) is 10.5. The summed E-state index contributed by atoms with van der Waals surface area (Å²) in [6.07, 6.45) is 0. The summed E-state index contributed by atoms with van der Waals surface area (Å²) in [4.78, 5) is 0. The molecule has 0 spiro atoms. The lowest BCUT2D eigenvalue weighted by atomic mass is 9.93. The fourth-order valence-corrected chi connectivity index (χ4v) is 15.4. The molecule has 0 fully saturated rings. The van der Waals surface area contributed by atoms with Crippen LogP contribution in [0.1, 0.15) is 0 Å². The standard InChI is InChI=1S/C60H42N2Si/c1-6-22-43(23-7-1)49-34-20-38-57(59(49)44-24-8-2-9-25-44)62-55-37-19-17-33-51(55)53-42-45(40-41-56(53)62)61-54-36-18-16-32-50(54)52-35-21-39-58(60(52)61)63(46-26-10-3-11-27-46,47-28-12-4-13-29-47)48-30-14-5-15-31-48/h1-42H. The van der Waals surface area contributed by atoms with Gasteiger partial charge in [0, 0.05) is 32.8 Å². The Morgan fingerprint density at radius 3 is 1.37 bits per heavy atom. The zero-order chi connectivity index (χ0) is 41.7. The Morgan fingerprint density at radius 2 is 0.762 bits per heavy atom. The lowest BCUT2D eigenvalue weighted by Crippen LogP contribution is -2.75. The van der Waals surface area contributed by atoms with Gasteiger partial charge in [-0.25, -0.2) is 0 Å². The number of para-hydroxylation sites is 3. The van der Waals surface area contributed by atoms with Crippen LogP contribution in [-0.4, -0.2) is 17.2 Å². The van der Waals surface area contributed by atoms with E-state index >= 15 is 0 Å². The first-order chi connectivity index (χ1) is 31.3. The minimum atomic E-state index is -2.93. The molecule has 0 N–H and O–H groups in total. The van der Waals surface area contributed by atoms with E-state index in [9.17, 15) is 0 Å². The molecule has 2 heterocycles. The molecule has 63 heavy (non-hydrogen) atoms. The van der Waals surface area contributed by atoms with E-state index in [-0.39, 0.29) is 0 Å². The van der Waals surface area contributed by atoms with E-state index in [1.165, 1.54) is 86.6 Å². The van der Waals surface area contributed by atoms with Gasteiger partial charge in [-0.3, -0.25) is 0 Å². The molecule has 10 aromatic carbocycles. The molecule has 0 aliphatic carbocycles. The molecule has 12 rings (SSSR count). The molecule has 2 nitrogen and oxygen atoms in total. The van der Waals surface area contributed by atoms with Crippen molar-refractivity contribution in [3.63, 3.8) is 0 Å². The summed E-state index contributed by atoms with van der Waals surface area (Å²) < 4.78 is 5.05. The highest BCUT2D eigenvalue weighted by Gasteiger charge is 2.43. The third kappa shape index (κ3) is 5.78. The highest BCUT2D eigenvalue weighted by molar-refractivity contribution is 7.20. The average Bonchev–Trinajstić information content (AvgIpc) is 3.88. The predicted octanol–water partition coefficient (Wildman–Crippen LogP) is 12.6. The van der Waals surface area contributed by atoms with Gasteiger partial charge in [0.25, 0.3) is 0 Å². The van der Waals surface area contributed by atoms with E-state index in [1.54, 1.807) is 0 Å². The zero-order valence-corrected chi connectivity index (χ0v) is 35.6. The van der Waals surface area contributed by atoms with Gasteiger partial charge in [-0.05, 0) is 73.8 Å². The zero-order valence-electron chi connectivity index (χ0n) is 34.6. The number of rotatable bonds is 8. The van der Waals surface area contributed by atoms with Crippen molar-refractivity contribution >= 4 is 72.4 Å². The molecule has 0 unspecified atom stereocenters. The molecule has 0 aliphatic rings. The third-order valence-corrected chi connectivity index (χ3v) is 17.9. The van der Waals surface area contributed by atoms with Crippen molar-refractivity contribution in [2.75, 3.05) is 0 Å². The number of nitrogens with zero attached hydrogens (tertiary/aromatic N) is 2. The number of hydrogen-bond acceptors (Lipinski definition) is 0. The van der Waals surface area contributed by atoms with E-state index in [4.69, 9.17) is 0 Å². The second-order valence-corrected chi connectivity index (χ2v) is 20.2. The number of benzene rings is 10. The summed E-state index contributed by atoms with van der Waals surface area (Å²) in [6.45, 7) is 0. The lowest BCUT2D eigenvalue weighted by molar-refractivity contribution is 1.17. The van der Waals surface area contributed by atoms with Crippen LogP contribution in [-0.2, 0) is 0 Å². The maximum atomic E-state index is 2.56. The molecule has 0 radical (unpaired) electrons. The summed E-state index contributed by atoms with van der Waals surface area (Å²) in [7, 11) is -2.93. The monoisotopic (exact) mass is 818 g/mol. The Balaban J connectivity index is 1.18. The van der Waals surface area contributed by atoms with Crippen LogP contribution >= 0.6 is 0 Å².